The molecule has 0 aliphatic heterocycles. The lowest BCUT2D eigenvalue weighted by Gasteiger charge is -2.12. The third-order valence-corrected chi connectivity index (χ3v) is 3.36. The van der Waals surface area contributed by atoms with E-state index < -0.39 is 11.8 Å². The van der Waals surface area contributed by atoms with Crippen molar-refractivity contribution >= 4 is 5.97 Å². The topological polar surface area (TPSA) is 77.8 Å². The molecule has 0 saturated heterocycles. The monoisotopic (exact) mass is 360 g/mol. The van der Waals surface area contributed by atoms with Crippen LogP contribution in [0.5, 0.6) is 0 Å². The summed E-state index contributed by atoms with van der Waals surface area (Å²) < 4.78 is 0. The van der Waals surface area contributed by atoms with E-state index in [0.29, 0.717) is 6.42 Å². The first-order valence-electron chi connectivity index (χ1n) is 9.12. The van der Waals surface area contributed by atoms with Crippen LogP contribution in [0.1, 0.15) is 51.9 Å². The fraction of sp³-hybridized carbons (Fsp3) is 0.409. The predicted octanol–water partition coefficient (Wildman–Crippen LogP) is 4.84. The molecule has 0 aliphatic carbocycles. The van der Waals surface area contributed by atoms with Gasteiger partial charge in [-0.1, -0.05) is 79.8 Å². The molecule has 0 heterocycles. The number of aliphatic hydroxyl groups is 2. The highest BCUT2D eigenvalue weighted by atomic mass is 16.5. The Morgan fingerprint density at radius 3 is 1.77 bits per heavy atom. The van der Waals surface area contributed by atoms with Gasteiger partial charge in [0.2, 0.25) is 0 Å². The van der Waals surface area contributed by atoms with Crippen LogP contribution in [0.3, 0.4) is 0 Å². The van der Waals surface area contributed by atoms with E-state index in [4.69, 9.17) is 15.3 Å². The van der Waals surface area contributed by atoms with Crippen molar-refractivity contribution in [3.05, 3.63) is 72.9 Å². The standard InChI is InChI=1S/C22H32O4/c1-2-3-4-5-6-7-8-9-10-11-12-13-14-15-16-17-18-19-20-22(25,26)21(23)24/h3-4,7-12,15-16,18-19,25-26H,2,5-6,13-14,17,20H2,1H3,(H,23,24)/b4-3-,8-7-,10-9+,12-11+,16-15-,19-18-. The molecule has 0 fully saturated rings. The molecular weight excluding hydrogens is 328 g/mol. The molecule has 0 rings (SSSR count). The Hall–Kier alpha value is -2.17. The fourth-order valence-corrected chi connectivity index (χ4v) is 1.87. The van der Waals surface area contributed by atoms with E-state index in [0.717, 1.165) is 32.1 Å². The molecule has 0 aromatic carbocycles. The van der Waals surface area contributed by atoms with Crippen LogP contribution in [-0.2, 0) is 4.79 Å². The summed E-state index contributed by atoms with van der Waals surface area (Å²) in [4.78, 5) is 10.5. The Labute approximate surface area is 157 Å². The highest BCUT2D eigenvalue weighted by Crippen LogP contribution is 2.07. The maximum atomic E-state index is 10.5. The zero-order chi connectivity index (χ0) is 19.5. The molecule has 0 aromatic rings. The van der Waals surface area contributed by atoms with Gasteiger partial charge in [-0.2, -0.15) is 0 Å². The van der Waals surface area contributed by atoms with Crippen LogP contribution >= 0.6 is 0 Å². The Bertz CT molecular complexity index is 534. The van der Waals surface area contributed by atoms with E-state index in [1.54, 1.807) is 6.08 Å². The summed E-state index contributed by atoms with van der Waals surface area (Å²) in [5.41, 5.74) is 0. The second-order valence-corrected chi connectivity index (χ2v) is 5.78. The Morgan fingerprint density at radius 2 is 1.23 bits per heavy atom. The van der Waals surface area contributed by atoms with Crippen LogP contribution in [0.2, 0.25) is 0 Å². The van der Waals surface area contributed by atoms with Crippen molar-refractivity contribution in [2.45, 2.75) is 57.7 Å². The molecule has 0 amide bonds. The van der Waals surface area contributed by atoms with Crippen molar-refractivity contribution in [3.63, 3.8) is 0 Å². The maximum absolute atomic E-state index is 10.5. The summed E-state index contributed by atoms with van der Waals surface area (Å²) in [5.74, 6) is -4.32. The molecule has 0 unspecified atom stereocenters. The number of hydrogen-bond acceptors (Lipinski definition) is 3. The summed E-state index contributed by atoms with van der Waals surface area (Å²) in [6.45, 7) is 2.14. The number of aliphatic carboxylic acids is 1. The number of rotatable bonds is 14. The summed E-state index contributed by atoms with van der Waals surface area (Å²) in [6.07, 6.45) is 29.4. The van der Waals surface area contributed by atoms with Crippen LogP contribution in [0.15, 0.2) is 72.9 Å². The van der Waals surface area contributed by atoms with Crippen molar-refractivity contribution in [3.8, 4) is 0 Å². The summed E-state index contributed by atoms with van der Waals surface area (Å²) in [7, 11) is 0. The van der Waals surface area contributed by atoms with E-state index in [1.165, 1.54) is 6.08 Å². The number of carbonyl (C=O) groups is 1. The highest BCUT2D eigenvalue weighted by Gasteiger charge is 2.30. The average molecular weight is 360 g/mol. The second-order valence-electron chi connectivity index (χ2n) is 5.78. The molecule has 144 valence electrons. The molecule has 26 heavy (non-hydrogen) atoms. The molecule has 0 radical (unpaired) electrons. The molecule has 0 saturated carbocycles. The first kappa shape index (κ1) is 23.8. The normalized spacial score (nSPS) is 13.7. The third-order valence-electron chi connectivity index (χ3n) is 3.36. The molecule has 3 N–H and O–H groups in total. The number of carboxylic acid groups (broad SMARTS) is 1. The smallest absolute Gasteiger partial charge is 0.364 e. The minimum Gasteiger partial charge on any atom is -0.477 e. The van der Waals surface area contributed by atoms with Crippen molar-refractivity contribution in [2.24, 2.45) is 0 Å². The van der Waals surface area contributed by atoms with Gasteiger partial charge < -0.3 is 15.3 Å². The third kappa shape index (κ3) is 15.4. The summed E-state index contributed by atoms with van der Waals surface area (Å²) in [5, 5.41) is 26.7. The SMILES string of the molecule is CC/C=C\CC\C=C/C=C/C=C/CC/C=C\C/C=C\CC(O)(O)C(=O)O. The van der Waals surface area contributed by atoms with Crippen molar-refractivity contribution in [1.29, 1.82) is 0 Å². The first-order valence-corrected chi connectivity index (χ1v) is 9.12. The van der Waals surface area contributed by atoms with E-state index in [1.807, 2.05) is 30.4 Å². The molecule has 0 aliphatic rings. The summed E-state index contributed by atoms with van der Waals surface area (Å²) >= 11 is 0. The number of allylic oxidation sites excluding steroid dienone is 11. The molecular formula is C22H32O4. The lowest BCUT2D eigenvalue weighted by Crippen LogP contribution is -2.37. The van der Waals surface area contributed by atoms with Gasteiger partial charge in [-0.15, -0.1) is 0 Å². The largest absolute Gasteiger partial charge is 0.477 e. The van der Waals surface area contributed by atoms with Gasteiger partial charge in [0.1, 0.15) is 0 Å². The van der Waals surface area contributed by atoms with E-state index in [9.17, 15) is 4.79 Å². The Kier molecular flexibility index (Phi) is 14.9. The zero-order valence-electron chi connectivity index (χ0n) is 15.6. The van der Waals surface area contributed by atoms with Crippen molar-refractivity contribution < 1.29 is 20.1 Å². The lowest BCUT2D eigenvalue weighted by molar-refractivity contribution is -0.201. The molecule has 4 nitrogen and oxygen atoms in total. The van der Waals surface area contributed by atoms with Gasteiger partial charge >= 0.3 is 5.97 Å². The zero-order valence-corrected chi connectivity index (χ0v) is 15.6. The van der Waals surface area contributed by atoms with Crippen LogP contribution in [0.25, 0.3) is 0 Å². The van der Waals surface area contributed by atoms with Crippen LogP contribution < -0.4 is 0 Å². The van der Waals surface area contributed by atoms with Crippen LogP contribution in [0, 0.1) is 0 Å². The number of unbranched alkanes of at least 4 members (excludes halogenated alkanes) is 2. The summed E-state index contributed by atoms with van der Waals surface area (Å²) in [6, 6.07) is 0. The van der Waals surface area contributed by atoms with Gasteiger partial charge in [-0.3, -0.25) is 0 Å². The molecule has 0 spiro atoms. The molecule has 0 bridgehead atoms. The number of hydrogen-bond donors (Lipinski definition) is 3. The van der Waals surface area contributed by atoms with Gasteiger partial charge in [0, 0.05) is 6.42 Å². The van der Waals surface area contributed by atoms with Gasteiger partial charge in [0.15, 0.2) is 0 Å². The highest BCUT2D eigenvalue weighted by molar-refractivity contribution is 5.75. The number of carboxylic acids is 1. The molecule has 0 atom stereocenters. The average Bonchev–Trinajstić information content (AvgIpc) is 2.60. The quantitative estimate of drug-likeness (QED) is 0.179. The van der Waals surface area contributed by atoms with Crippen molar-refractivity contribution in [1.82, 2.24) is 0 Å². The first-order chi connectivity index (χ1) is 12.5. The van der Waals surface area contributed by atoms with Crippen LogP contribution in [-0.4, -0.2) is 27.1 Å². The second kappa shape index (κ2) is 16.3. The van der Waals surface area contributed by atoms with E-state index in [2.05, 4.69) is 37.3 Å². The van der Waals surface area contributed by atoms with Gasteiger partial charge in [-0.05, 0) is 38.5 Å². The minimum atomic E-state index is -2.68. The molecule has 4 heteroatoms. The van der Waals surface area contributed by atoms with Crippen molar-refractivity contribution in [2.75, 3.05) is 0 Å². The van der Waals surface area contributed by atoms with Gasteiger partial charge in [0.05, 0.1) is 0 Å². The molecule has 0 aromatic heterocycles. The van der Waals surface area contributed by atoms with E-state index >= 15 is 0 Å². The van der Waals surface area contributed by atoms with Gasteiger partial charge in [0.25, 0.3) is 5.79 Å². The maximum Gasteiger partial charge on any atom is 0.364 e. The van der Waals surface area contributed by atoms with Gasteiger partial charge in [-0.25, -0.2) is 4.79 Å². The Morgan fingerprint density at radius 1 is 0.731 bits per heavy atom. The lowest BCUT2D eigenvalue weighted by atomic mass is 10.1. The minimum absolute atomic E-state index is 0.324. The van der Waals surface area contributed by atoms with E-state index in [-0.39, 0.29) is 6.42 Å². The fourth-order valence-electron chi connectivity index (χ4n) is 1.87. The predicted molar refractivity (Wildman–Crippen MR) is 108 cm³/mol. The Balaban J connectivity index is 3.69. The van der Waals surface area contributed by atoms with Crippen LogP contribution in [0.4, 0.5) is 0 Å².